The summed E-state index contributed by atoms with van der Waals surface area (Å²) < 4.78 is 0. The van der Waals surface area contributed by atoms with Crippen LogP contribution in [0.1, 0.15) is 43.2 Å². The molecule has 100 valence electrons. The van der Waals surface area contributed by atoms with Gasteiger partial charge >= 0.3 is 0 Å². The first kappa shape index (κ1) is 13.6. The predicted molar refractivity (Wildman–Crippen MR) is 74.6 cm³/mol. The summed E-state index contributed by atoms with van der Waals surface area (Å²) in [5.74, 6) is 0.175. The highest BCUT2D eigenvalue weighted by atomic mass is 16.2. The second kappa shape index (κ2) is 6.38. The Morgan fingerprint density at radius 2 is 2.26 bits per heavy atom. The van der Waals surface area contributed by atoms with Crippen LogP contribution in [0.15, 0.2) is 24.3 Å². The molecule has 0 saturated carbocycles. The molecule has 0 N–H and O–H groups in total. The normalized spacial score (nSPS) is 17.4. The lowest BCUT2D eigenvalue weighted by molar-refractivity contribution is -0.132. The number of likely N-dealkylation sites (N-methyl/N-ethyl adjacent to an activating group) is 1. The maximum absolute atomic E-state index is 12.6. The molecule has 0 fully saturated rings. The molecule has 0 bridgehead atoms. The van der Waals surface area contributed by atoms with Crippen molar-refractivity contribution in [3.8, 4) is 6.07 Å². The minimum absolute atomic E-state index is 0.0106. The van der Waals surface area contributed by atoms with E-state index in [-0.39, 0.29) is 11.8 Å². The first-order valence-electron chi connectivity index (χ1n) is 7.01. The van der Waals surface area contributed by atoms with Crippen LogP contribution in [0.4, 0.5) is 0 Å². The molecule has 1 atom stereocenters. The van der Waals surface area contributed by atoms with Gasteiger partial charge in [0.05, 0.1) is 18.4 Å². The van der Waals surface area contributed by atoms with Gasteiger partial charge in [0.1, 0.15) is 0 Å². The van der Waals surface area contributed by atoms with Gasteiger partial charge in [-0.3, -0.25) is 4.79 Å². The third-order valence-corrected chi connectivity index (χ3v) is 3.85. The van der Waals surface area contributed by atoms with Gasteiger partial charge in [-0.05, 0) is 37.3 Å². The fourth-order valence-corrected chi connectivity index (χ4v) is 2.84. The molecule has 19 heavy (non-hydrogen) atoms. The Balaban J connectivity index is 2.18. The van der Waals surface area contributed by atoms with Crippen molar-refractivity contribution in [1.29, 1.82) is 5.26 Å². The summed E-state index contributed by atoms with van der Waals surface area (Å²) in [7, 11) is 0. The molecule has 3 heteroatoms. The predicted octanol–water partition coefficient (Wildman–Crippen LogP) is 2.87. The molecule has 1 aliphatic carbocycles. The van der Waals surface area contributed by atoms with E-state index in [1.54, 1.807) is 0 Å². The summed E-state index contributed by atoms with van der Waals surface area (Å²) in [6, 6.07) is 10.4. The van der Waals surface area contributed by atoms with Crippen molar-refractivity contribution >= 4 is 5.91 Å². The molecular weight excluding hydrogens is 236 g/mol. The Kier molecular flexibility index (Phi) is 4.57. The van der Waals surface area contributed by atoms with Gasteiger partial charge < -0.3 is 4.90 Å². The molecule has 0 spiro atoms. The zero-order chi connectivity index (χ0) is 13.7. The number of hydrogen-bond acceptors (Lipinski definition) is 2. The van der Waals surface area contributed by atoms with Crippen molar-refractivity contribution < 1.29 is 4.79 Å². The van der Waals surface area contributed by atoms with E-state index in [4.69, 9.17) is 5.26 Å². The van der Waals surface area contributed by atoms with E-state index in [2.05, 4.69) is 18.2 Å². The Morgan fingerprint density at radius 1 is 1.47 bits per heavy atom. The monoisotopic (exact) mass is 256 g/mol. The number of fused-ring (bicyclic) bond motifs is 1. The van der Waals surface area contributed by atoms with Gasteiger partial charge in [0.2, 0.25) is 5.91 Å². The van der Waals surface area contributed by atoms with Crippen molar-refractivity contribution in [2.45, 2.75) is 38.5 Å². The molecular formula is C16H20N2O. The Bertz CT molecular complexity index is 490. The van der Waals surface area contributed by atoms with Gasteiger partial charge in [0.15, 0.2) is 0 Å². The van der Waals surface area contributed by atoms with Gasteiger partial charge in [0.25, 0.3) is 0 Å². The minimum Gasteiger partial charge on any atom is -0.341 e. The average Bonchev–Trinajstić information content (AvgIpc) is 2.47. The summed E-state index contributed by atoms with van der Waals surface area (Å²) in [4.78, 5) is 14.4. The zero-order valence-corrected chi connectivity index (χ0v) is 11.4. The lowest BCUT2D eigenvalue weighted by Crippen LogP contribution is -2.36. The Hall–Kier alpha value is -1.82. The van der Waals surface area contributed by atoms with Gasteiger partial charge in [0, 0.05) is 13.1 Å². The van der Waals surface area contributed by atoms with Crippen LogP contribution < -0.4 is 0 Å². The van der Waals surface area contributed by atoms with Gasteiger partial charge in [-0.1, -0.05) is 24.3 Å². The van der Waals surface area contributed by atoms with Crippen molar-refractivity contribution in [2.75, 3.05) is 13.1 Å². The molecule has 1 aromatic rings. The van der Waals surface area contributed by atoms with Gasteiger partial charge in [-0.2, -0.15) is 5.26 Å². The third kappa shape index (κ3) is 2.96. The van der Waals surface area contributed by atoms with Crippen molar-refractivity contribution in [2.24, 2.45) is 0 Å². The highest BCUT2D eigenvalue weighted by molar-refractivity contribution is 5.84. The largest absolute Gasteiger partial charge is 0.341 e. The summed E-state index contributed by atoms with van der Waals surface area (Å²) in [6.07, 6.45) is 3.49. The average molecular weight is 256 g/mol. The van der Waals surface area contributed by atoms with E-state index < -0.39 is 0 Å². The van der Waals surface area contributed by atoms with Gasteiger partial charge in [-0.25, -0.2) is 0 Å². The fourth-order valence-electron chi connectivity index (χ4n) is 2.84. The van der Waals surface area contributed by atoms with Crippen molar-refractivity contribution in [3.63, 3.8) is 0 Å². The molecule has 2 rings (SSSR count). The number of benzene rings is 1. The van der Waals surface area contributed by atoms with Crippen molar-refractivity contribution in [1.82, 2.24) is 4.90 Å². The van der Waals surface area contributed by atoms with E-state index in [9.17, 15) is 4.79 Å². The third-order valence-electron chi connectivity index (χ3n) is 3.85. The molecule has 1 amide bonds. The molecule has 1 aromatic carbocycles. The van der Waals surface area contributed by atoms with Crippen LogP contribution in [0.5, 0.6) is 0 Å². The van der Waals surface area contributed by atoms with Crippen LogP contribution in [0, 0.1) is 11.3 Å². The van der Waals surface area contributed by atoms with Crippen LogP contribution in [0.25, 0.3) is 0 Å². The molecule has 1 aliphatic rings. The zero-order valence-electron chi connectivity index (χ0n) is 11.4. The van der Waals surface area contributed by atoms with Crippen LogP contribution >= 0.6 is 0 Å². The van der Waals surface area contributed by atoms with E-state index in [0.717, 1.165) is 19.3 Å². The van der Waals surface area contributed by atoms with Crippen LogP contribution in [-0.2, 0) is 11.2 Å². The number of nitrogens with zero attached hydrogens (tertiary/aromatic N) is 2. The Labute approximate surface area is 114 Å². The number of amides is 1. The molecule has 3 nitrogen and oxygen atoms in total. The van der Waals surface area contributed by atoms with E-state index >= 15 is 0 Å². The molecule has 0 heterocycles. The van der Waals surface area contributed by atoms with Crippen LogP contribution in [-0.4, -0.2) is 23.9 Å². The summed E-state index contributed by atoms with van der Waals surface area (Å²) in [6.45, 7) is 3.20. The molecule has 1 unspecified atom stereocenters. The molecule has 0 radical (unpaired) electrons. The van der Waals surface area contributed by atoms with E-state index in [0.29, 0.717) is 19.5 Å². The molecule has 0 saturated heterocycles. The lowest BCUT2D eigenvalue weighted by atomic mass is 9.82. The van der Waals surface area contributed by atoms with Crippen LogP contribution in [0.2, 0.25) is 0 Å². The number of aryl methyl sites for hydroxylation is 1. The highest BCUT2D eigenvalue weighted by Gasteiger charge is 2.28. The maximum Gasteiger partial charge on any atom is 0.230 e. The number of rotatable bonds is 4. The number of hydrogen-bond donors (Lipinski definition) is 0. The second-order valence-electron chi connectivity index (χ2n) is 4.97. The number of carbonyl (C=O) groups is 1. The fraction of sp³-hybridized carbons (Fsp3) is 0.500. The number of nitriles is 1. The minimum atomic E-state index is -0.0106. The first-order valence-corrected chi connectivity index (χ1v) is 7.01. The van der Waals surface area contributed by atoms with Crippen LogP contribution in [0.3, 0.4) is 0 Å². The molecule has 0 aromatic heterocycles. The quantitative estimate of drug-likeness (QED) is 0.831. The maximum atomic E-state index is 12.6. The summed E-state index contributed by atoms with van der Waals surface area (Å²) in [5.41, 5.74) is 2.50. The van der Waals surface area contributed by atoms with E-state index in [1.807, 2.05) is 24.0 Å². The summed E-state index contributed by atoms with van der Waals surface area (Å²) >= 11 is 0. The van der Waals surface area contributed by atoms with Crippen molar-refractivity contribution in [3.05, 3.63) is 35.4 Å². The van der Waals surface area contributed by atoms with Gasteiger partial charge in [-0.15, -0.1) is 0 Å². The Morgan fingerprint density at radius 3 is 3.00 bits per heavy atom. The smallest absolute Gasteiger partial charge is 0.230 e. The number of carbonyl (C=O) groups excluding carboxylic acids is 1. The first-order chi connectivity index (χ1) is 9.27. The molecule has 0 aliphatic heterocycles. The summed E-state index contributed by atoms with van der Waals surface area (Å²) in [5, 5.41) is 8.67. The lowest BCUT2D eigenvalue weighted by Gasteiger charge is -2.29. The second-order valence-corrected chi connectivity index (χ2v) is 4.97. The highest BCUT2D eigenvalue weighted by Crippen LogP contribution is 2.32. The SMILES string of the molecule is CCN(CCC#N)C(=O)C1CCCc2ccccc21. The standard InChI is InChI=1S/C16H20N2O/c1-2-18(12-6-11-17)16(19)15-10-5-8-13-7-3-4-9-14(13)15/h3-4,7,9,15H,2,5-6,8,10,12H2,1H3. The topological polar surface area (TPSA) is 44.1 Å². The van der Waals surface area contributed by atoms with E-state index in [1.165, 1.54) is 11.1 Å².